The second-order valence-corrected chi connectivity index (χ2v) is 14.5. The number of hydrogen-bond donors (Lipinski definition) is 0. The zero-order chi connectivity index (χ0) is 38.2. The van der Waals surface area contributed by atoms with E-state index < -0.39 is 0 Å². The maximum Gasteiger partial charge on any atom is 0.221 e. The fraction of sp³-hybridized carbons (Fsp3) is 0. The first-order valence-electron chi connectivity index (χ1n) is 19.4. The van der Waals surface area contributed by atoms with E-state index in [9.17, 15) is 0 Å². The van der Waals surface area contributed by atoms with E-state index in [-0.39, 0.29) is 0 Å². The first-order chi connectivity index (χ1) is 28.8. The number of imidazole rings is 1. The molecular weight excluding hydrogens is 711 g/mol. The summed E-state index contributed by atoms with van der Waals surface area (Å²) in [4.78, 5) is 25.4. The number of rotatable bonds is 5. The van der Waals surface area contributed by atoms with Crippen molar-refractivity contribution >= 4 is 60.2 Å². The quantitative estimate of drug-likeness (QED) is 0.176. The number of nitrogens with zero attached hydrogens (tertiary/aromatic N) is 7. The zero-order valence-electron chi connectivity index (χ0n) is 31.0. The average molecular weight is 742 g/mol. The summed E-state index contributed by atoms with van der Waals surface area (Å²) in [5.41, 5.74) is 11.0. The van der Waals surface area contributed by atoms with Gasteiger partial charge in [-0.25, -0.2) is 24.9 Å². The molecule has 0 aliphatic carbocycles. The highest BCUT2D eigenvalue weighted by atomic mass is 15.2. The van der Waals surface area contributed by atoms with E-state index >= 15 is 0 Å². The minimum atomic E-state index is 0.629. The van der Waals surface area contributed by atoms with E-state index in [4.69, 9.17) is 24.9 Å². The molecule has 58 heavy (non-hydrogen) atoms. The largest absolute Gasteiger partial charge is 0.278 e. The Morgan fingerprint density at radius 1 is 0.328 bits per heavy atom. The fourth-order valence-corrected chi connectivity index (χ4v) is 8.48. The third-order valence-electron chi connectivity index (χ3n) is 11.2. The maximum atomic E-state index is 5.41. The molecule has 0 saturated carbocycles. The van der Waals surface area contributed by atoms with E-state index in [1.54, 1.807) is 0 Å². The Bertz CT molecular complexity index is 3500. The Labute approximate surface area is 332 Å². The molecule has 7 nitrogen and oxygen atoms in total. The van der Waals surface area contributed by atoms with Gasteiger partial charge < -0.3 is 0 Å². The Kier molecular flexibility index (Phi) is 7.09. The Hall–Kier alpha value is -8.03. The van der Waals surface area contributed by atoms with Crippen molar-refractivity contribution in [2.24, 2.45) is 0 Å². The second-order valence-electron chi connectivity index (χ2n) is 14.5. The molecule has 0 spiro atoms. The third kappa shape index (κ3) is 4.97. The van der Waals surface area contributed by atoms with Gasteiger partial charge in [0.1, 0.15) is 5.65 Å². The van der Waals surface area contributed by atoms with Crippen molar-refractivity contribution in [1.29, 1.82) is 0 Å². The Morgan fingerprint density at radius 3 is 1.50 bits per heavy atom. The fourth-order valence-electron chi connectivity index (χ4n) is 8.48. The van der Waals surface area contributed by atoms with Gasteiger partial charge >= 0.3 is 0 Å². The molecule has 0 N–H and O–H groups in total. The predicted octanol–water partition coefficient (Wildman–Crippen LogP) is 12.1. The van der Waals surface area contributed by atoms with Gasteiger partial charge in [-0.15, -0.1) is 0 Å². The van der Waals surface area contributed by atoms with E-state index in [1.165, 1.54) is 0 Å². The first-order valence-corrected chi connectivity index (χ1v) is 19.4. The molecule has 7 heteroatoms. The minimum Gasteiger partial charge on any atom is -0.278 e. The lowest BCUT2D eigenvalue weighted by Gasteiger charge is -2.15. The molecule has 270 valence electrons. The molecule has 12 aromatic rings. The standard InChI is InChI=1S/C51H31N7/c1-3-15-33(16-4-1)47-54-48(34-17-5-2-6-18-34)56-49(55-47)35-29-27-32(28-30-35)40-31-41-37-20-10-13-25-44(37)57(46(41)38-21-8-7-19-36(38)40)51-53-42-23-11-9-22-39(42)50-52-43-24-12-14-26-45(43)58(50)51/h1-31H. The number of para-hydroxylation sites is 4. The van der Waals surface area contributed by atoms with Crippen molar-refractivity contribution in [3.05, 3.63) is 188 Å². The Morgan fingerprint density at radius 2 is 0.828 bits per heavy atom. The lowest BCUT2D eigenvalue weighted by Crippen LogP contribution is -2.06. The molecule has 0 radical (unpaired) electrons. The third-order valence-corrected chi connectivity index (χ3v) is 11.2. The van der Waals surface area contributed by atoms with Gasteiger partial charge in [0.05, 0.1) is 27.6 Å². The molecule has 0 unspecified atom stereocenters. The lowest BCUT2D eigenvalue weighted by atomic mass is 9.94. The van der Waals surface area contributed by atoms with Crippen LogP contribution in [0.25, 0.3) is 111 Å². The van der Waals surface area contributed by atoms with Crippen LogP contribution in [0, 0.1) is 0 Å². The highest BCUT2D eigenvalue weighted by molar-refractivity contribution is 6.22. The van der Waals surface area contributed by atoms with Crippen molar-refractivity contribution < 1.29 is 0 Å². The van der Waals surface area contributed by atoms with Gasteiger partial charge in [0.15, 0.2) is 17.5 Å². The van der Waals surface area contributed by atoms with Gasteiger partial charge in [-0.1, -0.05) is 152 Å². The smallest absolute Gasteiger partial charge is 0.221 e. The summed E-state index contributed by atoms with van der Waals surface area (Å²) in [7, 11) is 0. The van der Waals surface area contributed by atoms with Crippen LogP contribution in [0.4, 0.5) is 0 Å². The number of hydrogen-bond acceptors (Lipinski definition) is 5. The van der Waals surface area contributed by atoms with Crippen LogP contribution in [-0.2, 0) is 0 Å². The SMILES string of the molecule is c1ccc(-c2nc(-c3ccccc3)nc(-c3ccc(-c4cc5c6ccccc6n(-c6nc7ccccc7c7nc8ccccc8n67)c5c5ccccc45)cc3)n2)cc1. The van der Waals surface area contributed by atoms with Crippen molar-refractivity contribution in [3.63, 3.8) is 0 Å². The number of aromatic nitrogens is 7. The van der Waals surface area contributed by atoms with Crippen LogP contribution in [0.3, 0.4) is 0 Å². The Balaban J connectivity index is 1.07. The van der Waals surface area contributed by atoms with Crippen LogP contribution in [-0.4, -0.2) is 33.9 Å². The minimum absolute atomic E-state index is 0.629. The highest BCUT2D eigenvalue weighted by Gasteiger charge is 2.23. The second kappa shape index (κ2) is 12.8. The van der Waals surface area contributed by atoms with E-state index in [1.807, 2.05) is 72.8 Å². The average Bonchev–Trinajstić information content (AvgIpc) is 3.86. The first kappa shape index (κ1) is 32.2. The van der Waals surface area contributed by atoms with Crippen LogP contribution in [0.2, 0.25) is 0 Å². The highest BCUT2D eigenvalue weighted by Crippen LogP contribution is 2.42. The van der Waals surface area contributed by atoms with Gasteiger partial charge in [-0.05, 0) is 52.9 Å². The van der Waals surface area contributed by atoms with E-state index in [0.717, 1.165) is 93.9 Å². The molecule has 12 rings (SSSR count). The molecule has 4 heterocycles. The molecular formula is C51H31N7. The summed E-state index contributed by atoms with van der Waals surface area (Å²) in [6.07, 6.45) is 0. The molecule has 4 aromatic heterocycles. The molecule has 0 fully saturated rings. The normalized spacial score (nSPS) is 11.8. The molecule has 0 saturated heterocycles. The monoisotopic (exact) mass is 741 g/mol. The molecule has 0 atom stereocenters. The summed E-state index contributed by atoms with van der Waals surface area (Å²) in [6.45, 7) is 0. The molecule has 0 amide bonds. The number of fused-ring (bicyclic) bond motifs is 10. The maximum absolute atomic E-state index is 5.41. The van der Waals surface area contributed by atoms with Crippen molar-refractivity contribution in [1.82, 2.24) is 33.9 Å². The summed E-state index contributed by atoms with van der Waals surface area (Å²) in [5.74, 6) is 2.72. The topological polar surface area (TPSA) is 73.8 Å². The van der Waals surface area contributed by atoms with Gasteiger partial charge in [-0.2, -0.15) is 0 Å². The van der Waals surface area contributed by atoms with Crippen molar-refractivity contribution in [2.45, 2.75) is 0 Å². The predicted molar refractivity (Wildman–Crippen MR) is 235 cm³/mol. The van der Waals surface area contributed by atoms with Crippen LogP contribution >= 0.6 is 0 Å². The van der Waals surface area contributed by atoms with Crippen molar-refractivity contribution in [2.75, 3.05) is 0 Å². The van der Waals surface area contributed by atoms with Gasteiger partial charge in [0.2, 0.25) is 5.95 Å². The lowest BCUT2D eigenvalue weighted by molar-refractivity contribution is 0.982. The van der Waals surface area contributed by atoms with Crippen LogP contribution in [0.15, 0.2) is 188 Å². The number of benzene rings is 8. The van der Waals surface area contributed by atoms with Gasteiger partial charge in [-0.3, -0.25) is 8.97 Å². The summed E-state index contributed by atoms with van der Waals surface area (Å²) in [5, 5.41) is 5.61. The van der Waals surface area contributed by atoms with Crippen molar-refractivity contribution in [3.8, 4) is 51.2 Å². The summed E-state index contributed by atoms with van der Waals surface area (Å²) in [6, 6.07) is 65.1. The molecule has 0 aliphatic rings. The van der Waals surface area contributed by atoms with Crippen LogP contribution in [0.5, 0.6) is 0 Å². The zero-order valence-corrected chi connectivity index (χ0v) is 31.0. The van der Waals surface area contributed by atoms with E-state index in [0.29, 0.717) is 17.5 Å². The summed E-state index contributed by atoms with van der Waals surface area (Å²) >= 11 is 0. The van der Waals surface area contributed by atoms with Gasteiger partial charge in [0, 0.05) is 38.2 Å². The van der Waals surface area contributed by atoms with Gasteiger partial charge in [0.25, 0.3) is 0 Å². The molecule has 0 aliphatic heterocycles. The molecule has 8 aromatic carbocycles. The van der Waals surface area contributed by atoms with Crippen LogP contribution < -0.4 is 0 Å². The van der Waals surface area contributed by atoms with E-state index in [2.05, 4.69) is 124 Å². The van der Waals surface area contributed by atoms with Crippen LogP contribution in [0.1, 0.15) is 0 Å². The molecule has 0 bridgehead atoms. The summed E-state index contributed by atoms with van der Waals surface area (Å²) < 4.78 is 4.56.